The number of aryl methyl sites for hydroxylation is 1. The molecule has 0 aliphatic heterocycles. The number of hydrogen-bond acceptors (Lipinski definition) is 2. The highest BCUT2D eigenvalue weighted by Crippen LogP contribution is 2.19. The second kappa shape index (κ2) is 8.03. The highest BCUT2D eigenvalue weighted by molar-refractivity contribution is 6.31. The lowest BCUT2D eigenvalue weighted by atomic mass is 10.2. The van der Waals surface area contributed by atoms with Crippen LogP contribution in [0.15, 0.2) is 24.3 Å². The molecule has 0 saturated heterocycles. The van der Waals surface area contributed by atoms with Gasteiger partial charge in [0.1, 0.15) is 0 Å². The Bertz CT molecular complexity index is 692. The van der Waals surface area contributed by atoms with Gasteiger partial charge in [0.2, 0.25) is 0 Å². The van der Waals surface area contributed by atoms with Crippen molar-refractivity contribution >= 4 is 11.6 Å². The smallest absolute Gasteiger partial charge is 0.0677 e. The molecule has 2 rings (SSSR count). The molecule has 0 amide bonds. The van der Waals surface area contributed by atoms with Gasteiger partial charge in [-0.05, 0) is 32.4 Å². The maximum atomic E-state index is 6.24. The third kappa shape index (κ3) is 4.13. The van der Waals surface area contributed by atoms with Gasteiger partial charge in [0.15, 0.2) is 0 Å². The Morgan fingerprint density at radius 1 is 1.27 bits per heavy atom. The molecule has 0 radical (unpaired) electrons. The normalized spacial score (nSPS) is 10.4. The van der Waals surface area contributed by atoms with Crippen LogP contribution >= 0.6 is 11.6 Å². The second-order valence-electron chi connectivity index (χ2n) is 5.25. The first-order valence-electron chi connectivity index (χ1n) is 7.50. The molecule has 4 heteroatoms. The molecule has 1 aromatic heterocycles. The van der Waals surface area contributed by atoms with Crippen LogP contribution in [0.4, 0.5) is 0 Å². The van der Waals surface area contributed by atoms with Crippen molar-refractivity contribution in [3.63, 3.8) is 0 Å². The minimum atomic E-state index is 0.702. The monoisotopic (exact) mass is 315 g/mol. The van der Waals surface area contributed by atoms with Crippen molar-refractivity contribution in [2.75, 3.05) is 6.54 Å². The molecule has 0 aliphatic rings. The standard InChI is InChI=1S/C18H22ClN3/c1-4-5-8-11-20-12-17-14(2)21-22(15(17)3)13-16-9-6-7-10-18(16)19/h6-7,9-10,20H,8,11-13H2,1-3H3. The first kappa shape index (κ1) is 16.6. The third-order valence-electron chi connectivity index (χ3n) is 3.71. The molecule has 0 unspecified atom stereocenters. The van der Waals surface area contributed by atoms with Crippen LogP contribution in [0.3, 0.4) is 0 Å². The van der Waals surface area contributed by atoms with Crippen molar-refractivity contribution in [2.45, 2.75) is 40.3 Å². The van der Waals surface area contributed by atoms with Gasteiger partial charge in [-0.15, -0.1) is 11.8 Å². The van der Waals surface area contributed by atoms with E-state index in [-0.39, 0.29) is 0 Å². The van der Waals surface area contributed by atoms with Gasteiger partial charge in [-0.3, -0.25) is 4.68 Å². The van der Waals surface area contributed by atoms with Crippen molar-refractivity contribution in [3.8, 4) is 11.8 Å². The van der Waals surface area contributed by atoms with Crippen LogP contribution in [0.1, 0.15) is 35.9 Å². The molecule has 1 aromatic carbocycles. The number of halogens is 1. The Kier molecular flexibility index (Phi) is 6.06. The van der Waals surface area contributed by atoms with Crippen LogP contribution in [0.25, 0.3) is 0 Å². The molecule has 0 saturated carbocycles. The van der Waals surface area contributed by atoms with Crippen LogP contribution in [-0.2, 0) is 13.1 Å². The first-order valence-corrected chi connectivity index (χ1v) is 7.88. The van der Waals surface area contributed by atoms with Crippen LogP contribution in [-0.4, -0.2) is 16.3 Å². The van der Waals surface area contributed by atoms with Crippen LogP contribution in [0, 0.1) is 25.7 Å². The lowest BCUT2D eigenvalue weighted by Crippen LogP contribution is -2.15. The van der Waals surface area contributed by atoms with Gasteiger partial charge in [-0.2, -0.15) is 5.10 Å². The number of aromatic nitrogens is 2. The molecule has 0 atom stereocenters. The fourth-order valence-corrected chi connectivity index (χ4v) is 2.62. The largest absolute Gasteiger partial charge is 0.312 e. The van der Waals surface area contributed by atoms with Crippen LogP contribution in [0.2, 0.25) is 5.02 Å². The summed E-state index contributed by atoms with van der Waals surface area (Å²) in [5.74, 6) is 5.97. The third-order valence-corrected chi connectivity index (χ3v) is 4.08. The van der Waals surface area contributed by atoms with E-state index in [4.69, 9.17) is 11.6 Å². The maximum Gasteiger partial charge on any atom is 0.0677 e. The summed E-state index contributed by atoms with van der Waals surface area (Å²) in [6.45, 7) is 8.46. The van der Waals surface area contributed by atoms with Gasteiger partial charge in [0, 0.05) is 35.8 Å². The van der Waals surface area contributed by atoms with E-state index in [1.165, 1.54) is 11.3 Å². The Hall–Kier alpha value is -1.76. The molecule has 22 heavy (non-hydrogen) atoms. The fourth-order valence-electron chi connectivity index (χ4n) is 2.42. The molecular formula is C18H22ClN3. The molecular weight excluding hydrogens is 294 g/mol. The summed E-state index contributed by atoms with van der Waals surface area (Å²) < 4.78 is 2.03. The van der Waals surface area contributed by atoms with E-state index in [0.29, 0.717) is 6.54 Å². The Balaban J connectivity index is 2.06. The highest BCUT2D eigenvalue weighted by Gasteiger charge is 2.12. The summed E-state index contributed by atoms with van der Waals surface area (Å²) in [7, 11) is 0. The molecule has 0 fully saturated rings. The van der Waals surface area contributed by atoms with E-state index in [2.05, 4.69) is 36.1 Å². The van der Waals surface area contributed by atoms with E-state index in [1.54, 1.807) is 0 Å². The van der Waals surface area contributed by atoms with Gasteiger partial charge in [-0.1, -0.05) is 29.8 Å². The number of nitrogens with zero attached hydrogens (tertiary/aromatic N) is 2. The summed E-state index contributed by atoms with van der Waals surface area (Å²) in [6, 6.07) is 7.91. The molecule has 0 bridgehead atoms. The predicted molar refractivity (Wildman–Crippen MR) is 92.0 cm³/mol. The maximum absolute atomic E-state index is 6.24. The molecule has 1 N–H and O–H groups in total. The zero-order valence-electron chi connectivity index (χ0n) is 13.4. The summed E-state index contributed by atoms with van der Waals surface area (Å²) >= 11 is 6.24. The van der Waals surface area contributed by atoms with E-state index < -0.39 is 0 Å². The molecule has 1 heterocycles. The summed E-state index contributed by atoms with van der Waals surface area (Å²) in [5, 5.41) is 8.86. The van der Waals surface area contributed by atoms with E-state index in [1.807, 2.05) is 35.9 Å². The summed E-state index contributed by atoms with van der Waals surface area (Å²) in [5.41, 5.74) is 4.61. The molecule has 2 aromatic rings. The number of nitrogens with one attached hydrogen (secondary N) is 1. The lowest BCUT2D eigenvalue weighted by molar-refractivity contribution is 0.654. The average molecular weight is 316 g/mol. The van der Waals surface area contributed by atoms with Gasteiger partial charge >= 0.3 is 0 Å². The van der Waals surface area contributed by atoms with Crippen molar-refractivity contribution in [1.82, 2.24) is 15.1 Å². The number of benzene rings is 1. The van der Waals surface area contributed by atoms with Crippen LogP contribution in [0.5, 0.6) is 0 Å². The van der Waals surface area contributed by atoms with Crippen molar-refractivity contribution in [2.24, 2.45) is 0 Å². The lowest BCUT2D eigenvalue weighted by Gasteiger charge is -2.08. The number of rotatable bonds is 6. The topological polar surface area (TPSA) is 29.9 Å². The molecule has 0 spiro atoms. The van der Waals surface area contributed by atoms with Crippen molar-refractivity contribution < 1.29 is 0 Å². The molecule has 0 aliphatic carbocycles. The minimum absolute atomic E-state index is 0.702. The SMILES string of the molecule is CC#CCCNCc1c(C)nn(Cc2ccccc2Cl)c1C. The van der Waals surface area contributed by atoms with Crippen molar-refractivity contribution in [1.29, 1.82) is 0 Å². The van der Waals surface area contributed by atoms with E-state index in [9.17, 15) is 0 Å². The highest BCUT2D eigenvalue weighted by atomic mass is 35.5. The minimum Gasteiger partial charge on any atom is -0.312 e. The fraction of sp³-hybridized carbons (Fsp3) is 0.389. The van der Waals surface area contributed by atoms with E-state index >= 15 is 0 Å². The summed E-state index contributed by atoms with van der Waals surface area (Å²) in [6.07, 6.45) is 0.877. The van der Waals surface area contributed by atoms with Gasteiger partial charge < -0.3 is 5.32 Å². The van der Waals surface area contributed by atoms with Gasteiger partial charge in [-0.25, -0.2) is 0 Å². The Morgan fingerprint density at radius 3 is 2.77 bits per heavy atom. The first-order chi connectivity index (χ1) is 10.6. The second-order valence-corrected chi connectivity index (χ2v) is 5.66. The van der Waals surface area contributed by atoms with Crippen LogP contribution < -0.4 is 5.32 Å². The summed E-state index contributed by atoms with van der Waals surface area (Å²) in [4.78, 5) is 0. The van der Waals surface area contributed by atoms with Gasteiger partial charge in [0.25, 0.3) is 0 Å². The number of hydrogen-bond donors (Lipinski definition) is 1. The zero-order chi connectivity index (χ0) is 15.9. The molecule has 116 valence electrons. The Morgan fingerprint density at radius 2 is 2.05 bits per heavy atom. The Labute approximate surface area is 137 Å². The van der Waals surface area contributed by atoms with Crippen molar-refractivity contribution in [3.05, 3.63) is 51.8 Å². The van der Waals surface area contributed by atoms with E-state index in [0.717, 1.165) is 35.8 Å². The average Bonchev–Trinajstić information content (AvgIpc) is 2.76. The zero-order valence-corrected chi connectivity index (χ0v) is 14.2. The predicted octanol–water partition coefficient (Wildman–Crippen LogP) is 3.70. The van der Waals surface area contributed by atoms with Gasteiger partial charge in [0.05, 0.1) is 12.2 Å². The quantitative estimate of drug-likeness (QED) is 0.650. The molecule has 3 nitrogen and oxygen atoms in total.